The van der Waals surface area contributed by atoms with Crippen LogP contribution in [0, 0.1) is 0 Å². The molecular weight excluding hydrogens is 388 g/mol. The first kappa shape index (κ1) is 22.7. The Labute approximate surface area is 184 Å². The molecule has 1 saturated heterocycles. The van der Waals surface area contributed by atoms with Crippen LogP contribution >= 0.6 is 0 Å². The van der Waals surface area contributed by atoms with Crippen LogP contribution in [0.5, 0.6) is 0 Å². The number of anilines is 1. The highest BCUT2D eigenvalue weighted by atomic mass is 16.2. The van der Waals surface area contributed by atoms with E-state index in [0.717, 1.165) is 38.3 Å². The van der Waals surface area contributed by atoms with Gasteiger partial charge in [0.05, 0.1) is 0 Å². The second kappa shape index (κ2) is 10.9. The molecule has 0 saturated carbocycles. The van der Waals surface area contributed by atoms with E-state index in [0.29, 0.717) is 17.8 Å². The largest absolute Gasteiger partial charge is 0.336 e. The third-order valence-corrected chi connectivity index (χ3v) is 5.30. The molecule has 1 aliphatic heterocycles. The van der Waals surface area contributed by atoms with Gasteiger partial charge < -0.3 is 20.4 Å². The summed E-state index contributed by atoms with van der Waals surface area (Å²) in [7, 11) is 2.07. The Hall–Kier alpha value is -2.96. The maximum atomic E-state index is 13.0. The number of amides is 2. The average molecular weight is 421 g/mol. The van der Waals surface area contributed by atoms with Gasteiger partial charge >= 0.3 is 0 Å². The van der Waals surface area contributed by atoms with E-state index in [1.54, 1.807) is 6.07 Å². The number of piperazine rings is 1. The van der Waals surface area contributed by atoms with Crippen molar-refractivity contribution in [2.45, 2.75) is 20.4 Å². The van der Waals surface area contributed by atoms with Crippen LogP contribution in [0.3, 0.4) is 0 Å². The fourth-order valence-electron chi connectivity index (χ4n) is 3.67. The SMILES string of the molecule is CC(=O)Nc1cc(CNC/C(C)=C/c2ccccc2)cc(C(=O)N2CCN(C)CC2)c1. The fraction of sp³-hybridized carbons (Fsp3) is 0.360. The zero-order valence-corrected chi connectivity index (χ0v) is 18.6. The molecule has 0 spiro atoms. The van der Waals surface area contributed by atoms with Crippen molar-refractivity contribution < 1.29 is 9.59 Å². The van der Waals surface area contributed by atoms with Gasteiger partial charge in [0.2, 0.25) is 5.91 Å². The highest BCUT2D eigenvalue weighted by Gasteiger charge is 2.21. The summed E-state index contributed by atoms with van der Waals surface area (Å²) in [5.41, 5.74) is 4.63. The van der Waals surface area contributed by atoms with Crippen LogP contribution < -0.4 is 10.6 Å². The van der Waals surface area contributed by atoms with Crippen LogP contribution in [0.15, 0.2) is 54.1 Å². The number of hydrogen-bond acceptors (Lipinski definition) is 4. The van der Waals surface area contributed by atoms with Crippen molar-refractivity contribution in [3.05, 3.63) is 70.8 Å². The summed E-state index contributed by atoms with van der Waals surface area (Å²) in [6.07, 6.45) is 2.16. The van der Waals surface area contributed by atoms with Crippen molar-refractivity contribution >= 4 is 23.6 Å². The molecule has 6 heteroatoms. The minimum atomic E-state index is -0.148. The third kappa shape index (κ3) is 7.05. The molecule has 31 heavy (non-hydrogen) atoms. The van der Waals surface area contributed by atoms with Crippen LogP contribution in [0.2, 0.25) is 0 Å². The van der Waals surface area contributed by atoms with Crippen molar-refractivity contribution in [3.8, 4) is 0 Å². The Morgan fingerprint density at radius 2 is 1.71 bits per heavy atom. The molecule has 6 nitrogen and oxygen atoms in total. The van der Waals surface area contributed by atoms with Crippen LogP contribution in [0.4, 0.5) is 5.69 Å². The Morgan fingerprint density at radius 1 is 1.00 bits per heavy atom. The van der Waals surface area contributed by atoms with E-state index in [-0.39, 0.29) is 11.8 Å². The number of hydrogen-bond donors (Lipinski definition) is 2. The minimum absolute atomic E-state index is 0.0155. The first-order chi connectivity index (χ1) is 14.9. The number of nitrogens with one attached hydrogen (secondary N) is 2. The van der Waals surface area contributed by atoms with Crippen LogP contribution in [0.25, 0.3) is 6.08 Å². The Morgan fingerprint density at radius 3 is 2.39 bits per heavy atom. The highest BCUT2D eigenvalue weighted by Crippen LogP contribution is 2.18. The van der Waals surface area contributed by atoms with Crippen LogP contribution in [0.1, 0.15) is 35.3 Å². The van der Waals surface area contributed by atoms with Gasteiger partial charge in [-0.3, -0.25) is 9.59 Å². The predicted molar refractivity (Wildman–Crippen MR) is 126 cm³/mol. The van der Waals surface area contributed by atoms with Crippen molar-refractivity contribution in [2.75, 3.05) is 45.1 Å². The lowest BCUT2D eigenvalue weighted by molar-refractivity contribution is -0.114. The third-order valence-electron chi connectivity index (χ3n) is 5.30. The molecule has 2 amide bonds. The van der Waals surface area contributed by atoms with Gasteiger partial charge in [-0.05, 0) is 43.3 Å². The monoisotopic (exact) mass is 420 g/mol. The summed E-state index contributed by atoms with van der Waals surface area (Å²) in [5, 5.41) is 6.27. The van der Waals surface area contributed by atoms with Crippen molar-refractivity contribution in [1.29, 1.82) is 0 Å². The maximum Gasteiger partial charge on any atom is 0.254 e. The lowest BCUT2D eigenvalue weighted by Gasteiger charge is -2.32. The molecule has 2 aromatic carbocycles. The predicted octanol–water partition coefficient (Wildman–Crippen LogP) is 3.23. The molecule has 0 aromatic heterocycles. The smallest absolute Gasteiger partial charge is 0.254 e. The van der Waals surface area contributed by atoms with E-state index in [9.17, 15) is 9.59 Å². The molecule has 1 fully saturated rings. The molecule has 164 valence electrons. The number of carbonyl (C=O) groups excluding carboxylic acids is 2. The molecule has 2 N–H and O–H groups in total. The number of nitrogens with zero attached hydrogens (tertiary/aromatic N) is 2. The van der Waals surface area contributed by atoms with Crippen molar-refractivity contribution in [1.82, 2.24) is 15.1 Å². The van der Waals surface area contributed by atoms with E-state index in [2.05, 4.69) is 47.7 Å². The molecule has 2 aromatic rings. The van der Waals surface area contributed by atoms with E-state index in [1.807, 2.05) is 35.2 Å². The van der Waals surface area contributed by atoms with Gasteiger partial charge in [-0.2, -0.15) is 0 Å². The Kier molecular flexibility index (Phi) is 7.98. The van der Waals surface area contributed by atoms with Gasteiger partial charge in [0.15, 0.2) is 0 Å². The van der Waals surface area contributed by atoms with Gasteiger partial charge in [0.1, 0.15) is 0 Å². The van der Waals surface area contributed by atoms with Gasteiger partial charge in [-0.25, -0.2) is 0 Å². The summed E-state index contributed by atoms with van der Waals surface area (Å²) in [4.78, 5) is 28.7. The van der Waals surface area contributed by atoms with Gasteiger partial charge in [0.25, 0.3) is 5.91 Å². The molecule has 1 heterocycles. The molecule has 0 unspecified atom stereocenters. The zero-order valence-electron chi connectivity index (χ0n) is 18.6. The number of likely N-dealkylation sites (N-methyl/N-ethyl adjacent to an activating group) is 1. The van der Waals surface area contributed by atoms with Crippen LogP contribution in [-0.2, 0) is 11.3 Å². The van der Waals surface area contributed by atoms with E-state index >= 15 is 0 Å². The highest BCUT2D eigenvalue weighted by molar-refractivity contribution is 5.97. The summed E-state index contributed by atoms with van der Waals surface area (Å²) >= 11 is 0. The Balaban J connectivity index is 1.68. The second-order valence-electron chi connectivity index (χ2n) is 8.20. The number of carbonyl (C=O) groups is 2. The second-order valence-corrected chi connectivity index (χ2v) is 8.20. The number of benzene rings is 2. The molecule has 1 aliphatic rings. The van der Waals surface area contributed by atoms with E-state index in [4.69, 9.17) is 0 Å². The summed E-state index contributed by atoms with van der Waals surface area (Å²) < 4.78 is 0. The average Bonchev–Trinajstić information content (AvgIpc) is 2.74. The van der Waals surface area contributed by atoms with Gasteiger partial charge in [-0.15, -0.1) is 0 Å². The Bertz CT molecular complexity index is 932. The van der Waals surface area contributed by atoms with Gasteiger partial charge in [0, 0.05) is 57.4 Å². The molecule has 0 bridgehead atoms. The summed E-state index contributed by atoms with van der Waals surface area (Å²) in [5.74, 6) is -0.133. The normalized spacial score (nSPS) is 15.1. The number of rotatable bonds is 7. The molecule has 0 aliphatic carbocycles. The standard InChI is InChI=1S/C25H32N4O2/c1-19(13-21-7-5-4-6-8-21)17-26-18-22-14-23(16-24(15-22)27-20(2)30)25(31)29-11-9-28(3)10-12-29/h4-8,13-16,26H,9-12,17-18H2,1-3H3,(H,27,30)/b19-13+. The topological polar surface area (TPSA) is 64.7 Å². The fourth-order valence-corrected chi connectivity index (χ4v) is 3.67. The zero-order chi connectivity index (χ0) is 22.2. The molecular formula is C25H32N4O2. The molecule has 0 atom stereocenters. The van der Waals surface area contributed by atoms with Gasteiger partial charge in [-0.1, -0.05) is 42.0 Å². The quantitative estimate of drug-likeness (QED) is 0.722. The first-order valence-corrected chi connectivity index (χ1v) is 10.7. The molecule has 3 rings (SSSR count). The summed E-state index contributed by atoms with van der Waals surface area (Å²) in [6.45, 7) is 8.10. The van der Waals surface area contributed by atoms with E-state index in [1.165, 1.54) is 18.1 Å². The lowest BCUT2D eigenvalue weighted by atomic mass is 10.1. The van der Waals surface area contributed by atoms with Crippen molar-refractivity contribution in [2.24, 2.45) is 0 Å². The summed E-state index contributed by atoms with van der Waals surface area (Å²) in [6, 6.07) is 15.8. The maximum absolute atomic E-state index is 13.0. The van der Waals surface area contributed by atoms with Crippen molar-refractivity contribution in [3.63, 3.8) is 0 Å². The molecule has 0 radical (unpaired) electrons. The first-order valence-electron chi connectivity index (χ1n) is 10.7. The lowest BCUT2D eigenvalue weighted by Crippen LogP contribution is -2.47. The minimum Gasteiger partial charge on any atom is -0.336 e. The van der Waals surface area contributed by atoms with Crippen LogP contribution in [-0.4, -0.2) is 61.4 Å². The van der Waals surface area contributed by atoms with E-state index < -0.39 is 0 Å².